The van der Waals surface area contributed by atoms with E-state index in [0.717, 1.165) is 41.4 Å². The zero-order valence-corrected chi connectivity index (χ0v) is 16.9. The molecule has 0 spiro atoms. The van der Waals surface area contributed by atoms with Gasteiger partial charge in [0.05, 0.1) is 6.61 Å². The fourth-order valence-electron chi connectivity index (χ4n) is 2.96. The molecule has 0 aliphatic carbocycles. The SMILES string of the molecule is CCCCOC(=O)/C=C/c1cccc(C(C)C)c1/C(C=O)=C\c1ccccc1. The fraction of sp³-hybridized carbons (Fsp3) is 0.280. The van der Waals surface area contributed by atoms with Crippen LogP contribution in [-0.4, -0.2) is 18.9 Å². The van der Waals surface area contributed by atoms with E-state index >= 15 is 0 Å². The summed E-state index contributed by atoms with van der Waals surface area (Å²) in [6.45, 7) is 6.66. The number of hydrogen-bond donors (Lipinski definition) is 0. The predicted molar refractivity (Wildman–Crippen MR) is 116 cm³/mol. The second kappa shape index (κ2) is 11.0. The van der Waals surface area contributed by atoms with Gasteiger partial charge in [-0.15, -0.1) is 0 Å². The van der Waals surface area contributed by atoms with Crippen LogP contribution in [0.3, 0.4) is 0 Å². The molecule has 0 bridgehead atoms. The Morgan fingerprint density at radius 3 is 2.46 bits per heavy atom. The van der Waals surface area contributed by atoms with E-state index in [4.69, 9.17) is 4.74 Å². The second-order valence-electron chi connectivity index (χ2n) is 6.95. The number of aldehydes is 1. The molecule has 0 N–H and O–H groups in total. The molecule has 0 atom stereocenters. The zero-order valence-electron chi connectivity index (χ0n) is 16.9. The van der Waals surface area contributed by atoms with Crippen LogP contribution in [0.4, 0.5) is 0 Å². The summed E-state index contributed by atoms with van der Waals surface area (Å²) in [5.41, 5.74) is 4.30. The lowest BCUT2D eigenvalue weighted by molar-refractivity contribution is -0.137. The van der Waals surface area contributed by atoms with Gasteiger partial charge in [-0.05, 0) is 46.7 Å². The van der Waals surface area contributed by atoms with Crippen LogP contribution in [0.5, 0.6) is 0 Å². The molecule has 0 aliphatic heterocycles. The Morgan fingerprint density at radius 1 is 1.07 bits per heavy atom. The van der Waals surface area contributed by atoms with Crippen molar-refractivity contribution in [3.05, 3.63) is 76.9 Å². The summed E-state index contributed by atoms with van der Waals surface area (Å²) >= 11 is 0. The lowest BCUT2D eigenvalue weighted by Gasteiger charge is -2.16. The molecule has 0 fully saturated rings. The first-order chi connectivity index (χ1) is 13.6. The number of esters is 1. The summed E-state index contributed by atoms with van der Waals surface area (Å²) < 4.78 is 5.19. The Labute approximate surface area is 167 Å². The van der Waals surface area contributed by atoms with Crippen molar-refractivity contribution in [2.24, 2.45) is 0 Å². The Kier molecular flexibility index (Phi) is 8.41. The molecule has 2 rings (SSSR count). The minimum absolute atomic E-state index is 0.235. The molecule has 2 aromatic carbocycles. The van der Waals surface area contributed by atoms with Crippen LogP contribution in [0.1, 0.15) is 61.8 Å². The van der Waals surface area contributed by atoms with Crippen molar-refractivity contribution >= 4 is 30.0 Å². The van der Waals surface area contributed by atoms with Gasteiger partial charge in [-0.2, -0.15) is 0 Å². The highest BCUT2D eigenvalue weighted by Gasteiger charge is 2.14. The van der Waals surface area contributed by atoms with Crippen LogP contribution in [0, 0.1) is 0 Å². The molecule has 3 heteroatoms. The van der Waals surface area contributed by atoms with Gasteiger partial charge in [-0.1, -0.05) is 75.7 Å². The maximum absolute atomic E-state index is 12.0. The molecule has 0 saturated carbocycles. The molecule has 146 valence electrons. The number of allylic oxidation sites excluding steroid dienone is 1. The van der Waals surface area contributed by atoms with Gasteiger partial charge in [-0.25, -0.2) is 4.79 Å². The van der Waals surface area contributed by atoms with Gasteiger partial charge in [0.25, 0.3) is 0 Å². The number of carbonyl (C=O) groups is 2. The van der Waals surface area contributed by atoms with Crippen molar-refractivity contribution < 1.29 is 14.3 Å². The van der Waals surface area contributed by atoms with Gasteiger partial charge in [0, 0.05) is 11.6 Å². The van der Waals surface area contributed by atoms with E-state index in [1.54, 1.807) is 6.08 Å². The van der Waals surface area contributed by atoms with E-state index < -0.39 is 0 Å². The van der Waals surface area contributed by atoms with Gasteiger partial charge < -0.3 is 4.74 Å². The molecule has 0 amide bonds. The van der Waals surface area contributed by atoms with E-state index in [0.29, 0.717) is 12.2 Å². The Balaban J connectivity index is 2.44. The monoisotopic (exact) mass is 376 g/mol. The van der Waals surface area contributed by atoms with Crippen molar-refractivity contribution in [3.8, 4) is 0 Å². The third-order valence-electron chi connectivity index (χ3n) is 4.43. The quantitative estimate of drug-likeness (QED) is 0.180. The summed E-state index contributed by atoms with van der Waals surface area (Å²) in [6.07, 6.45) is 7.75. The molecule has 3 nitrogen and oxygen atoms in total. The molecule has 2 aromatic rings. The van der Waals surface area contributed by atoms with E-state index in [1.807, 2.05) is 61.5 Å². The highest BCUT2D eigenvalue weighted by Crippen LogP contribution is 2.30. The standard InChI is InChI=1S/C25H28O3/c1-4-5-16-28-24(27)15-14-21-12-9-13-23(19(2)3)25(21)22(18-26)17-20-10-7-6-8-11-20/h6-15,17-19H,4-5,16H2,1-3H3/b15-14+,22-17-. The average molecular weight is 376 g/mol. The molecule has 0 saturated heterocycles. The smallest absolute Gasteiger partial charge is 0.330 e. The highest BCUT2D eigenvalue weighted by atomic mass is 16.5. The largest absolute Gasteiger partial charge is 0.463 e. The maximum Gasteiger partial charge on any atom is 0.330 e. The summed E-state index contributed by atoms with van der Waals surface area (Å²) in [6, 6.07) is 15.6. The number of benzene rings is 2. The van der Waals surface area contributed by atoms with E-state index in [9.17, 15) is 9.59 Å². The van der Waals surface area contributed by atoms with E-state index in [1.165, 1.54) is 6.08 Å². The first kappa shape index (κ1) is 21.4. The van der Waals surface area contributed by atoms with Crippen LogP contribution in [0.15, 0.2) is 54.6 Å². The summed E-state index contributed by atoms with van der Waals surface area (Å²) in [4.78, 5) is 23.9. The summed E-state index contributed by atoms with van der Waals surface area (Å²) in [5.74, 6) is -0.131. The number of ether oxygens (including phenoxy) is 1. The van der Waals surface area contributed by atoms with Crippen LogP contribution in [-0.2, 0) is 14.3 Å². The maximum atomic E-state index is 12.0. The first-order valence-corrected chi connectivity index (χ1v) is 9.76. The van der Waals surface area contributed by atoms with Gasteiger partial charge in [0.1, 0.15) is 0 Å². The van der Waals surface area contributed by atoms with Crippen molar-refractivity contribution in [1.29, 1.82) is 0 Å². The second-order valence-corrected chi connectivity index (χ2v) is 6.95. The van der Waals surface area contributed by atoms with Crippen molar-refractivity contribution in [2.75, 3.05) is 6.61 Å². The highest BCUT2D eigenvalue weighted by molar-refractivity contribution is 6.15. The molecule has 28 heavy (non-hydrogen) atoms. The van der Waals surface area contributed by atoms with E-state index in [2.05, 4.69) is 13.8 Å². The van der Waals surface area contributed by atoms with Gasteiger partial charge in [0.15, 0.2) is 6.29 Å². The Morgan fingerprint density at radius 2 is 1.82 bits per heavy atom. The van der Waals surface area contributed by atoms with Crippen molar-refractivity contribution in [2.45, 2.75) is 39.5 Å². The summed E-state index contributed by atoms with van der Waals surface area (Å²) in [7, 11) is 0. The number of hydrogen-bond acceptors (Lipinski definition) is 3. The summed E-state index contributed by atoms with van der Waals surface area (Å²) in [5, 5.41) is 0. The van der Waals surface area contributed by atoms with Crippen LogP contribution >= 0.6 is 0 Å². The average Bonchev–Trinajstić information content (AvgIpc) is 2.71. The van der Waals surface area contributed by atoms with Gasteiger partial charge >= 0.3 is 5.97 Å². The fourth-order valence-corrected chi connectivity index (χ4v) is 2.96. The minimum atomic E-state index is -0.367. The van der Waals surface area contributed by atoms with Crippen LogP contribution in [0.2, 0.25) is 0 Å². The normalized spacial score (nSPS) is 11.8. The lowest BCUT2D eigenvalue weighted by Crippen LogP contribution is -2.03. The van der Waals surface area contributed by atoms with Crippen LogP contribution < -0.4 is 0 Å². The van der Waals surface area contributed by atoms with Crippen molar-refractivity contribution in [1.82, 2.24) is 0 Å². The molecule has 0 radical (unpaired) electrons. The molecular weight excluding hydrogens is 348 g/mol. The number of carbonyl (C=O) groups excluding carboxylic acids is 2. The molecule has 0 unspecified atom stereocenters. The predicted octanol–water partition coefficient (Wildman–Crippen LogP) is 5.91. The zero-order chi connectivity index (χ0) is 20.4. The third-order valence-corrected chi connectivity index (χ3v) is 4.43. The van der Waals surface area contributed by atoms with Gasteiger partial charge in [0.2, 0.25) is 0 Å². The van der Waals surface area contributed by atoms with Gasteiger partial charge in [-0.3, -0.25) is 4.79 Å². The van der Waals surface area contributed by atoms with E-state index in [-0.39, 0.29) is 11.9 Å². The van der Waals surface area contributed by atoms with Crippen molar-refractivity contribution in [3.63, 3.8) is 0 Å². The first-order valence-electron chi connectivity index (χ1n) is 9.76. The lowest BCUT2D eigenvalue weighted by atomic mass is 9.88. The van der Waals surface area contributed by atoms with Crippen LogP contribution in [0.25, 0.3) is 17.7 Å². The molecule has 0 heterocycles. The minimum Gasteiger partial charge on any atom is -0.463 e. The Hall–Kier alpha value is -2.94. The number of rotatable bonds is 9. The molecular formula is C25H28O3. The number of unbranched alkanes of at least 4 members (excludes halogenated alkanes) is 1. The topological polar surface area (TPSA) is 43.4 Å². The molecule has 0 aliphatic rings. The Bertz CT molecular complexity index is 845. The molecule has 0 aromatic heterocycles. The third kappa shape index (κ3) is 6.05.